The van der Waals surface area contributed by atoms with Crippen molar-refractivity contribution in [2.75, 3.05) is 0 Å². The Morgan fingerprint density at radius 3 is 2.89 bits per heavy atom. The number of rotatable bonds is 0. The highest BCUT2D eigenvalue weighted by molar-refractivity contribution is 5.02. The highest BCUT2D eigenvalue weighted by atomic mass is 16.3. The summed E-state index contributed by atoms with van der Waals surface area (Å²) in [5.74, 6) is 0. The smallest absolute Gasteiger partial charge is 0.0747 e. The van der Waals surface area contributed by atoms with Crippen molar-refractivity contribution in [1.29, 1.82) is 0 Å². The van der Waals surface area contributed by atoms with E-state index < -0.39 is 0 Å². The van der Waals surface area contributed by atoms with Crippen molar-refractivity contribution in [3.05, 3.63) is 12.2 Å². The zero-order valence-electron chi connectivity index (χ0n) is 5.77. The van der Waals surface area contributed by atoms with Gasteiger partial charge in [0, 0.05) is 0 Å². The molecular formula is C8H14O. The molecule has 1 heteroatoms. The van der Waals surface area contributed by atoms with Crippen LogP contribution in [0.25, 0.3) is 0 Å². The summed E-state index contributed by atoms with van der Waals surface area (Å²) in [5, 5.41) is 9.26. The van der Waals surface area contributed by atoms with Gasteiger partial charge >= 0.3 is 0 Å². The van der Waals surface area contributed by atoms with Crippen LogP contribution >= 0.6 is 0 Å². The van der Waals surface area contributed by atoms with E-state index in [4.69, 9.17) is 0 Å². The fourth-order valence-electron chi connectivity index (χ4n) is 1.24. The molecule has 0 aromatic carbocycles. The Labute approximate surface area is 56.4 Å². The highest BCUT2D eigenvalue weighted by Crippen LogP contribution is 2.20. The quantitative estimate of drug-likeness (QED) is 0.388. The number of hydrogen-bond acceptors (Lipinski definition) is 1. The van der Waals surface area contributed by atoms with Crippen molar-refractivity contribution in [3.8, 4) is 0 Å². The predicted octanol–water partition coefficient (Wildman–Crippen LogP) is 1.87. The Hall–Kier alpha value is -0.300. The minimum Gasteiger partial charge on any atom is -0.389 e. The van der Waals surface area contributed by atoms with Crippen molar-refractivity contribution >= 4 is 0 Å². The minimum atomic E-state index is -0.201. The first-order chi connectivity index (χ1) is 4.30. The zero-order chi connectivity index (χ0) is 6.69. The molecule has 1 rings (SSSR count). The van der Waals surface area contributed by atoms with Gasteiger partial charge in [-0.3, -0.25) is 0 Å². The van der Waals surface area contributed by atoms with Gasteiger partial charge in [-0.05, 0) is 24.8 Å². The molecule has 0 spiro atoms. The lowest BCUT2D eigenvalue weighted by Gasteiger charge is -2.07. The monoisotopic (exact) mass is 126 g/mol. The maximum Gasteiger partial charge on any atom is 0.0747 e. The van der Waals surface area contributed by atoms with Gasteiger partial charge in [-0.15, -0.1) is 0 Å². The van der Waals surface area contributed by atoms with Crippen LogP contribution < -0.4 is 0 Å². The Morgan fingerprint density at radius 1 is 1.33 bits per heavy atom. The second-order valence-electron chi connectivity index (χ2n) is 2.77. The van der Waals surface area contributed by atoms with Gasteiger partial charge in [0.05, 0.1) is 6.10 Å². The van der Waals surface area contributed by atoms with E-state index in [1.54, 1.807) is 0 Å². The standard InChI is InChI=1S/C8H14O/c1-7-5-3-2-4-6-8(7)9/h8-9H,1-6H2. The average Bonchev–Trinajstić information content (AvgIpc) is 1.99. The first-order valence-corrected chi connectivity index (χ1v) is 3.66. The van der Waals surface area contributed by atoms with Crippen LogP contribution in [0.2, 0.25) is 0 Å². The molecule has 0 saturated heterocycles. The van der Waals surface area contributed by atoms with E-state index in [0.29, 0.717) is 0 Å². The van der Waals surface area contributed by atoms with Crippen LogP contribution in [-0.4, -0.2) is 11.2 Å². The van der Waals surface area contributed by atoms with Crippen molar-refractivity contribution in [2.24, 2.45) is 0 Å². The van der Waals surface area contributed by atoms with Crippen LogP contribution in [0.15, 0.2) is 12.2 Å². The summed E-state index contributed by atoms with van der Waals surface area (Å²) >= 11 is 0. The van der Waals surface area contributed by atoms with Crippen LogP contribution in [0.3, 0.4) is 0 Å². The van der Waals surface area contributed by atoms with Crippen molar-refractivity contribution in [2.45, 2.75) is 38.2 Å². The van der Waals surface area contributed by atoms with Gasteiger partial charge in [-0.25, -0.2) is 0 Å². The molecule has 1 aliphatic rings. The van der Waals surface area contributed by atoms with Gasteiger partial charge in [0.2, 0.25) is 0 Å². The predicted molar refractivity (Wildman–Crippen MR) is 38.2 cm³/mol. The molecule has 1 nitrogen and oxygen atoms in total. The van der Waals surface area contributed by atoms with E-state index in [9.17, 15) is 5.11 Å². The Balaban J connectivity index is 2.41. The Kier molecular flexibility index (Phi) is 2.29. The topological polar surface area (TPSA) is 20.2 Å². The van der Waals surface area contributed by atoms with Gasteiger partial charge < -0.3 is 5.11 Å². The molecule has 0 bridgehead atoms. The SMILES string of the molecule is C=C1CCCCCC1O. The summed E-state index contributed by atoms with van der Waals surface area (Å²) in [6.07, 6.45) is 5.40. The summed E-state index contributed by atoms with van der Waals surface area (Å²) in [6.45, 7) is 3.81. The summed E-state index contributed by atoms with van der Waals surface area (Å²) in [4.78, 5) is 0. The molecule has 1 unspecified atom stereocenters. The zero-order valence-corrected chi connectivity index (χ0v) is 5.77. The molecule has 0 aromatic heterocycles. The second-order valence-corrected chi connectivity index (χ2v) is 2.77. The van der Waals surface area contributed by atoms with E-state index in [1.807, 2.05) is 0 Å². The normalized spacial score (nSPS) is 29.9. The van der Waals surface area contributed by atoms with Crippen LogP contribution in [0.4, 0.5) is 0 Å². The van der Waals surface area contributed by atoms with Gasteiger partial charge in [0.15, 0.2) is 0 Å². The maximum atomic E-state index is 9.26. The van der Waals surface area contributed by atoms with Crippen molar-refractivity contribution in [1.82, 2.24) is 0 Å². The largest absolute Gasteiger partial charge is 0.389 e. The van der Waals surface area contributed by atoms with Gasteiger partial charge in [0.1, 0.15) is 0 Å². The van der Waals surface area contributed by atoms with Crippen LogP contribution in [0.1, 0.15) is 32.1 Å². The molecule has 1 N–H and O–H groups in total. The molecule has 0 heterocycles. The Bertz CT molecular complexity index is 107. The van der Waals surface area contributed by atoms with E-state index in [0.717, 1.165) is 18.4 Å². The lowest BCUT2D eigenvalue weighted by Crippen LogP contribution is -2.06. The first kappa shape index (κ1) is 6.81. The molecular weight excluding hydrogens is 112 g/mol. The van der Waals surface area contributed by atoms with Crippen molar-refractivity contribution < 1.29 is 5.11 Å². The lowest BCUT2D eigenvalue weighted by molar-refractivity contribution is 0.199. The number of hydrogen-bond donors (Lipinski definition) is 1. The van der Waals surface area contributed by atoms with Crippen LogP contribution in [-0.2, 0) is 0 Å². The number of aliphatic hydroxyl groups is 1. The van der Waals surface area contributed by atoms with Crippen molar-refractivity contribution in [3.63, 3.8) is 0 Å². The minimum absolute atomic E-state index is 0.201. The third kappa shape index (κ3) is 1.83. The Morgan fingerprint density at radius 2 is 2.11 bits per heavy atom. The first-order valence-electron chi connectivity index (χ1n) is 3.66. The number of aliphatic hydroxyl groups excluding tert-OH is 1. The third-order valence-corrected chi connectivity index (χ3v) is 1.95. The van der Waals surface area contributed by atoms with E-state index in [2.05, 4.69) is 6.58 Å². The second kappa shape index (κ2) is 3.02. The van der Waals surface area contributed by atoms with Gasteiger partial charge in [0.25, 0.3) is 0 Å². The van der Waals surface area contributed by atoms with E-state index >= 15 is 0 Å². The lowest BCUT2D eigenvalue weighted by atomic mass is 10.1. The summed E-state index contributed by atoms with van der Waals surface area (Å²) in [6, 6.07) is 0. The summed E-state index contributed by atoms with van der Waals surface area (Å²) in [5.41, 5.74) is 1.03. The van der Waals surface area contributed by atoms with Gasteiger partial charge in [-0.1, -0.05) is 19.4 Å². The van der Waals surface area contributed by atoms with Gasteiger partial charge in [-0.2, -0.15) is 0 Å². The molecule has 9 heavy (non-hydrogen) atoms. The van der Waals surface area contributed by atoms with E-state index in [1.165, 1.54) is 19.3 Å². The molecule has 52 valence electrons. The van der Waals surface area contributed by atoms with Crippen LogP contribution in [0.5, 0.6) is 0 Å². The molecule has 1 atom stereocenters. The molecule has 0 radical (unpaired) electrons. The molecule has 1 aliphatic carbocycles. The molecule has 0 aromatic rings. The fourth-order valence-corrected chi connectivity index (χ4v) is 1.24. The third-order valence-electron chi connectivity index (χ3n) is 1.95. The molecule has 1 saturated carbocycles. The average molecular weight is 126 g/mol. The highest BCUT2D eigenvalue weighted by Gasteiger charge is 2.11. The summed E-state index contributed by atoms with van der Waals surface area (Å²) in [7, 11) is 0. The molecule has 1 fully saturated rings. The fraction of sp³-hybridized carbons (Fsp3) is 0.750. The summed E-state index contributed by atoms with van der Waals surface area (Å²) < 4.78 is 0. The maximum absolute atomic E-state index is 9.26. The van der Waals surface area contributed by atoms with Crippen LogP contribution in [0, 0.1) is 0 Å². The molecule has 0 aliphatic heterocycles. The molecule has 0 amide bonds. The van der Waals surface area contributed by atoms with E-state index in [-0.39, 0.29) is 6.10 Å².